The number of hydrogen-bond acceptors (Lipinski definition) is 4. The zero-order valence-electron chi connectivity index (χ0n) is 12.3. The van der Waals surface area contributed by atoms with Crippen molar-refractivity contribution >= 4 is 16.5 Å². The van der Waals surface area contributed by atoms with E-state index in [9.17, 15) is 0 Å². The molecule has 1 aliphatic rings. The number of nitrogens with two attached hydrogens (primary N) is 1. The fraction of sp³-hybridized carbons (Fsp3) is 0.800. The van der Waals surface area contributed by atoms with Gasteiger partial charge < -0.3 is 10.6 Å². The molecule has 0 unspecified atom stereocenters. The van der Waals surface area contributed by atoms with Gasteiger partial charge in [-0.15, -0.1) is 11.3 Å². The van der Waals surface area contributed by atoms with Crippen LogP contribution in [0.4, 0.5) is 5.13 Å². The number of aromatic nitrogens is 1. The van der Waals surface area contributed by atoms with E-state index in [2.05, 4.69) is 18.9 Å². The first-order valence-corrected chi connectivity index (χ1v) is 8.46. The van der Waals surface area contributed by atoms with Crippen molar-refractivity contribution in [2.75, 3.05) is 18.5 Å². The summed E-state index contributed by atoms with van der Waals surface area (Å²) in [4.78, 5) is 8.42. The SMILES string of the molecule is CCCc1nc(N(C)CC2CCCCC2)sc1CN. The topological polar surface area (TPSA) is 42.2 Å². The summed E-state index contributed by atoms with van der Waals surface area (Å²) in [6.45, 7) is 3.98. The van der Waals surface area contributed by atoms with E-state index in [0.717, 1.165) is 30.4 Å². The Kier molecular flexibility index (Phi) is 5.64. The molecule has 0 bridgehead atoms. The van der Waals surface area contributed by atoms with Gasteiger partial charge in [0.05, 0.1) is 5.69 Å². The van der Waals surface area contributed by atoms with Crippen LogP contribution in [0, 0.1) is 5.92 Å². The Labute approximate surface area is 121 Å². The largest absolute Gasteiger partial charge is 0.351 e. The molecule has 2 N–H and O–H groups in total. The minimum atomic E-state index is 0.629. The summed E-state index contributed by atoms with van der Waals surface area (Å²) in [5, 5.41) is 1.16. The lowest BCUT2D eigenvalue weighted by Crippen LogP contribution is -2.26. The average molecular weight is 281 g/mol. The molecule has 4 heteroatoms. The average Bonchev–Trinajstić information content (AvgIpc) is 2.83. The smallest absolute Gasteiger partial charge is 0.185 e. The van der Waals surface area contributed by atoms with Gasteiger partial charge in [-0.3, -0.25) is 0 Å². The van der Waals surface area contributed by atoms with Gasteiger partial charge in [-0.2, -0.15) is 0 Å². The van der Waals surface area contributed by atoms with Crippen molar-refractivity contribution in [3.05, 3.63) is 10.6 Å². The summed E-state index contributed by atoms with van der Waals surface area (Å²) in [6.07, 6.45) is 9.22. The van der Waals surface area contributed by atoms with Gasteiger partial charge in [0.2, 0.25) is 0 Å². The number of nitrogens with zero attached hydrogens (tertiary/aromatic N) is 2. The third-order valence-corrected chi connectivity index (χ3v) is 5.26. The van der Waals surface area contributed by atoms with Crippen LogP contribution < -0.4 is 10.6 Å². The van der Waals surface area contributed by atoms with Gasteiger partial charge in [0.25, 0.3) is 0 Å². The summed E-state index contributed by atoms with van der Waals surface area (Å²) in [6, 6.07) is 0. The van der Waals surface area contributed by atoms with Crippen LogP contribution in [0.2, 0.25) is 0 Å². The minimum absolute atomic E-state index is 0.629. The Hall–Kier alpha value is -0.610. The van der Waals surface area contributed by atoms with Crippen LogP contribution in [0.3, 0.4) is 0 Å². The zero-order valence-corrected chi connectivity index (χ0v) is 13.1. The third-order valence-electron chi connectivity index (χ3n) is 4.02. The Morgan fingerprint density at radius 1 is 1.32 bits per heavy atom. The molecule has 3 nitrogen and oxygen atoms in total. The molecule has 2 rings (SSSR count). The van der Waals surface area contributed by atoms with Crippen molar-refractivity contribution in [2.45, 2.75) is 58.4 Å². The lowest BCUT2D eigenvalue weighted by atomic mass is 9.89. The molecular weight excluding hydrogens is 254 g/mol. The van der Waals surface area contributed by atoms with E-state index in [0.29, 0.717) is 6.54 Å². The molecule has 0 aliphatic heterocycles. The summed E-state index contributed by atoms with van der Waals surface area (Å²) in [7, 11) is 2.18. The molecule has 0 spiro atoms. The summed E-state index contributed by atoms with van der Waals surface area (Å²) in [5.74, 6) is 0.860. The first-order valence-electron chi connectivity index (χ1n) is 7.64. The highest BCUT2D eigenvalue weighted by atomic mass is 32.1. The first-order chi connectivity index (χ1) is 9.24. The standard InChI is InChI=1S/C15H27N3S/c1-3-7-13-14(10-16)19-15(17-13)18(2)11-12-8-5-4-6-9-12/h12H,3-11,16H2,1-2H3. The van der Waals surface area contributed by atoms with Crippen LogP contribution in [-0.4, -0.2) is 18.6 Å². The van der Waals surface area contributed by atoms with Gasteiger partial charge in [0, 0.05) is 25.0 Å². The Bertz CT molecular complexity index is 383. The monoisotopic (exact) mass is 281 g/mol. The van der Waals surface area contributed by atoms with Gasteiger partial charge in [-0.05, 0) is 25.2 Å². The molecule has 108 valence electrons. The third kappa shape index (κ3) is 3.93. The highest BCUT2D eigenvalue weighted by molar-refractivity contribution is 7.15. The number of hydrogen-bond donors (Lipinski definition) is 1. The van der Waals surface area contributed by atoms with Gasteiger partial charge in [-0.25, -0.2) is 4.98 Å². The highest BCUT2D eigenvalue weighted by Crippen LogP contribution is 2.29. The van der Waals surface area contributed by atoms with E-state index in [1.165, 1.54) is 42.7 Å². The Balaban J connectivity index is 1.99. The van der Waals surface area contributed by atoms with E-state index in [1.807, 2.05) is 0 Å². The molecular formula is C15H27N3S. The first kappa shape index (κ1) is 14.8. The quantitative estimate of drug-likeness (QED) is 0.866. The number of aryl methyl sites for hydroxylation is 1. The molecule has 1 aromatic rings. The van der Waals surface area contributed by atoms with Crippen LogP contribution >= 0.6 is 11.3 Å². The second-order valence-electron chi connectivity index (χ2n) is 5.70. The molecule has 1 saturated carbocycles. The van der Waals surface area contributed by atoms with Gasteiger partial charge in [0.15, 0.2) is 5.13 Å². The Morgan fingerprint density at radius 2 is 2.05 bits per heavy atom. The summed E-state index contributed by atoms with van der Waals surface area (Å²) >= 11 is 1.79. The van der Waals surface area contributed by atoms with Crippen LogP contribution in [0.15, 0.2) is 0 Å². The maximum Gasteiger partial charge on any atom is 0.185 e. The normalized spacial score (nSPS) is 16.8. The summed E-state index contributed by atoms with van der Waals surface area (Å²) in [5.41, 5.74) is 7.05. The minimum Gasteiger partial charge on any atom is -0.351 e. The maximum atomic E-state index is 5.83. The molecule has 1 aliphatic carbocycles. The van der Waals surface area contributed by atoms with E-state index in [1.54, 1.807) is 11.3 Å². The van der Waals surface area contributed by atoms with Crippen LogP contribution in [-0.2, 0) is 13.0 Å². The second kappa shape index (κ2) is 7.25. The predicted octanol–water partition coefficient (Wildman–Crippen LogP) is 3.57. The molecule has 19 heavy (non-hydrogen) atoms. The molecule has 1 fully saturated rings. The molecule has 1 aromatic heterocycles. The molecule has 0 aromatic carbocycles. The van der Waals surface area contributed by atoms with Crippen molar-refractivity contribution in [1.82, 2.24) is 4.98 Å². The number of rotatable bonds is 6. The van der Waals surface area contributed by atoms with Crippen molar-refractivity contribution in [1.29, 1.82) is 0 Å². The van der Waals surface area contributed by atoms with Crippen LogP contribution in [0.5, 0.6) is 0 Å². The van der Waals surface area contributed by atoms with E-state index >= 15 is 0 Å². The lowest BCUT2D eigenvalue weighted by molar-refractivity contribution is 0.362. The van der Waals surface area contributed by atoms with Crippen molar-refractivity contribution in [3.63, 3.8) is 0 Å². The fourth-order valence-corrected chi connectivity index (χ4v) is 3.92. The van der Waals surface area contributed by atoms with Crippen molar-refractivity contribution in [3.8, 4) is 0 Å². The maximum absolute atomic E-state index is 5.83. The van der Waals surface area contributed by atoms with E-state index in [-0.39, 0.29) is 0 Å². The van der Waals surface area contributed by atoms with E-state index in [4.69, 9.17) is 10.7 Å². The molecule has 0 radical (unpaired) electrons. The van der Waals surface area contributed by atoms with E-state index < -0.39 is 0 Å². The van der Waals surface area contributed by atoms with Crippen LogP contribution in [0.1, 0.15) is 56.0 Å². The van der Waals surface area contributed by atoms with Gasteiger partial charge >= 0.3 is 0 Å². The van der Waals surface area contributed by atoms with Gasteiger partial charge in [0.1, 0.15) is 0 Å². The summed E-state index contributed by atoms with van der Waals surface area (Å²) < 4.78 is 0. The molecule has 0 amide bonds. The predicted molar refractivity (Wildman–Crippen MR) is 83.8 cm³/mol. The van der Waals surface area contributed by atoms with Crippen molar-refractivity contribution in [2.24, 2.45) is 11.7 Å². The number of anilines is 1. The fourth-order valence-electron chi connectivity index (χ4n) is 2.96. The van der Waals surface area contributed by atoms with Crippen molar-refractivity contribution < 1.29 is 0 Å². The molecule has 0 saturated heterocycles. The molecule has 1 heterocycles. The second-order valence-corrected chi connectivity index (χ2v) is 6.77. The number of thiazole rings is 1. The van der Waals surface area contributed by atoms with Crippen LogP contribution in [0.25, 0.3) is 0 Å². The Morgan fingerprint density at radius 3 is 2.68 bits per heavy atom. The zero-order chi connectivity index (χ0) is 13.7. The lowest BCUT2D eigenvalue weighted by Gasteiger charge is -2.26. The molecule has 0 atom stereocenters. The highest BCUT2D eigenvalue weighted by Gasteiger charge is 2.18. The van der Waals surface area contributed by atoms with Gasteiger partial charge in [-0.1, -0.05) is 32.6 Å².